The number of primary amides is 1. The molecule has 2 heterocycles. The number of carbonyl (C=O) groups is 1. The molecule has 1 saturated heterocycles. The van der Waals surface area contributed by atoms with Gasteiger partial charge in [-0.1, -0.05) is 12.1 Å². The van der Waals surface area contributed by atoms with Crippen LogP contribution in [0.3, 0.4) is 0 Å². The van der Waals surface area contributed by atoms with Gasteiger partial charge in [0.25, 0.3) is 0 Å². The number of fused-ring (bicyclic) bond motifs is 1. The molecule has 0 saturated carbocycles. The summed E-state index contributed by atoms with van der Waals surface area (Å²) in [5.74, 6) is 1.95. The quantitative estimate of drug-likeness (QED) is 0.295. The van der Waals surface area contributed by atoms with E-state index in [4.69, 9.17) is 15.2 Å². The van der Waals surface area contributed by atoms with Gasteiger partial charge < -0.3 is 20.5 Å². The molecule has 1 aromatic heterocycles. The number of methoxy groups -OCH3 is 2. The predicted molar refractivity (Wildman–Crippen MR) is 159 cm³/mol. The lowest BCUT2D eigenvalue weighted by Crippen LogP contribution is -2.38. The molecule has 1 aliphatic rings. The fourth-order valence-corrected chi connectivity index (χ4v) is 4.79. The third-order valence-electron chi connectivity index (χ3n) is 6.92. The van der Waals surface area contributed by atoms with Gasteiger partial charge >= 0.3 is 0 Å². The van der Waals surface area contributed by atoms with E-state index in [1.54, 1.807) is 26.4 Å². The van der Waals surface area contributed by atoms with Crippen LogP contribution in [0.5, 0.6) is 11.5 Å². The zero-order valence-corrected chi connectivity index (χ0v) is 23.6. The second kappa shape index (κ2) is 13.5. The third kappa shape index (κ3) is 6.89. The highest BCUT2D eigenvalue weighted by Gasteiger charge is 2.21. The van der Waals surface area contributed by atoms with Crippen molar-refractivity contribution in [3.05, 3.63) is 77.9 Å². The van der Waals surface area contributed by atoms with Gasteiger partial charge in [-0.05, 0) is 73.0 Å². The number of hydrogen-bond acceptors (Lipinski definition) is 7. The lowest BCUT2D eigenvalue weighted by molar-refractivity contribution is 0.1000. The molecule has 0 unspecified atom stereocenters. The van der Waals surface area contributed by atoms with Gasteiger partial charge in [-0.2, -0.15) is 0 Å². The number of likely N-dealkylation sites (tertiary alicyclic amines) is 1. The summed E-state index contributed by atoms with van der Waals surface area (Å²) in [6.45, 7) is 2.78. The van der Waals surface area contributed by atoms with E-state index in [0.717, 1.165) is 71.8 Å². The molecule has 1 fully saturated rings. The predicted octanol–water partition coefficient (Wildman–Crippen LogP) is 5.33. The molecule has 0 radical (unpaired) electrons. The molecule has 3 aromatic carbocycles. The molecule has 0 atom stereocenters. The van der Waals surface area contributed by atoms with E-state index < -0.39 is 5.91 Å². The zero-order chi connectivity index (χ0) is 25.8. The Morgan fingerprint density at radius 2 is 1.54 bits per heavy atom. The van der Waals surface area contributed by atoms with Crippen LogP contribution in [0.15, 0.2) is 66.7 Å². The number of aromatic nitrogens is 2. The lowest BCUT2D eigenvalue weighted by Gasteiger charge is -2.32. The van der Waals surface area contributed by atoms with Crippen molar-refractivity contribution < 1.29 is 14.3 Å². The highest BCUT2D eigenvalue weighted by Crippen LogP contribution is 2.34. The van der Waals surface area contributed by atoms with Gasteiger partial charge in [0.1, 0.15) is 17.2 Å². The van der Waals surface area contributed by atoms with Crippen LogP contribution < -0.4 is 20.5 Å². The molecule has 1 aliphatic heterocycles. The molecule has 4 aromatic rings. The summed E-state index contributed by atoms with van der Waals surface area (Å²) in [5.41, 5.74) is 8.86. The molecule has 206 valence electrons. The van der Waals surface area contributed by atoms with E-state index in [-0.39, 0.29) is 24.8 Å². The van der Waals surface area contributed by atoms with Crippen LogP contribution in [-0.2, 0) is 6.54 Å². The number of hydrogen-bond donors (Lipinski definition) is 2. The van der Waals surface area contributed by atoms with Crippen molar-refractivity contribution in [2.45, 2.75) is 25.4 Å². The Kier molecular flexibility index (Phi) is 10.3. The van der Waals surface area contributed by atoms with Crippen LogP contribution in [0.25, 0.3) is 22.0 Å². The minimum atomic E-state index is -0.399. The number of halogens is 2. The highest BCUT2D eigenvalue weighted by atomic mass is 35.5. The van der Waals surface area contributed by atoms with Crippen LogP contribution in [0.1, 0.15) is 28.8 Å². The molecular weight excluding hydrogens is 537 g/mol. The third-order valence-corrected chi connectivity index (χ3v) is 6.92. The van der Waals surface area contributed by atoms with Gasteiger partial charge in [-0.3, -0.25) is 9.69 Å². The molecule has 0 spiro atoms. The van der Waals surface area contributed by atoms with Crippen molar-refractivity contribution in [1.82, 2.24) is 15.1 Å². The first kappa shape index (κ1) is 30.0. The largest absolute Gasteiger partial charge is 0.497 e. The fraction of sp³-hybridized carbons (Fsp3) is 0.276. The van der Waals surface area contributed by atoms with Crippen LogP contribution in [0.4, 0.5) is 5.82 Å². The number of piperidine rings is 1. The summed E-state index contributed by atoms with van der Waals surface area (Å²) in [7, 11) is 3.33. The fourth-order valence-electron chi connectivity index (χ4n) is 4.79. The zero-order valence-electron chi connectivity index (χ0n) is 21.9. The summed E-state index contributed by atoms with van der Waals surface area (Å²) in [6, 6.07) is 21.7. The average Bonchev–Trinajstić information content (AvgIpc) is 2.94. The summed E-state index contributed by atoms with van der Waals surface area (Å²) in [6.07, 6.45) is 1.99. The van der Waals surface area contributed by atoms with Crippen molar-refractivity contribution >= 4 is 47.3 Å². The van der Waals surface area contributed by atoms with Gasteiger partial charge in [0.15, 0.2) is 5.82 Å². The number of nitrogens with one attached hydrogen (secondary N) is 1. The van der Waals surface area contributed by atoms with E-state index in [9.17, 15) is 4.79 Å². The smallest absolute Gasteiger partial charge is 0.248 e. The molecule has 1 amide bonds. The molecule has 10 heteroatoms. The highest BCUT2D eigenvalue weighted by molar-refractivity contribution is 6.01. The minimum absolute atomic E-state index is 0. The SMILES string of the molecule is COc1ccc(-c2nnc(NC3CCN(Cc4ccc(C(N)=O)cc4)CC3)c3cc(OC)ccc23)cc1.Cl.Cl. The Balaban J connectivity index is 0.00000210. The molecule has 3 N–H and O–H groups in total. The number of amides is 1. The Bertz CT molecular complexity index is 1390. The first-order valence-corrected chi connectivity index (χ1v) is 12.4. The van der Waals surface area contributed by atoms with E-state index in [2.05, 4.69) is 20.4 Å². The maximum Gasteiger partial charge on any atom is 0.248 e. The number of carbonyl (C=O) groups excluding carboxylic acids is 1. The number of nitrogens with two attached hydrogens (primary N) is 1. The maximum atomic E-state index is 11.3. The topological polar surface area (TPSA) is 103 Å². The summed E-state index contributed by atoms with van der Waals surface area (Å²) >= 11 is 0. The van der Waals surface area contributed by atoms with Gasteiger partial charge in [-0.25, -0.2) is 0 Å². The van der Waals surface area contributed by atoms with Gasteiger partial charge in [0.05, 0.1) is 14.2 Å². The van der Waals surface area contributed by atoms with Crippen molar-refractivity contribution in [2.75, 3.05) is 32.6 Å². The van der Waals surface area contributed by atoms with Crippen molar-refractivity contribution in [2.24, 2.45) is 5.73 Å². The first-order valence-electron chi connectivity index (χ1n) is 12.4. The van der Waals surface area contributed by atoms with Gasteiger partial charge in [-0.15, -0.1) is 35.0 Å². The van der Waals surface area contributed by atoms with Gasteiger partial charge in [0.2, 0.25) is 5.91 Å². The van der Waals surface area contributed by atoms with Crippen LogP contribution in [0, 0.1) is 0 Å². The second-order valence-corrected chi connectivity index (χ2v) is 9.29. The Morgan fingerprint density at radius 1 is 0.897 bits per heavy atom. The number of rotatable bonds is 8. The molecule has 0 bridgehead atoms. The second-order valence-electron chi connectivity index (χ2n) is 9.29. The number of nitrogens with zero attached hydrogens (tertiary/aromatic N) is 3. The number of anilines is 1. The Morgan fingerprint density at radius 3 is 2.15 bits per heavy atom. The Hall–Kier alpha value is -3.59. The van der Waals surface area contributed by atoms with E-state index >= 15 is 0 Å². The average molecular weight is 571 g/mol. The minimum Gasteiger partial charge on any atom is -0.497 e. The first-order chi connectivity index (χ1) is 18.0. The van der Waals surface area contributed by atoms with Crippen molar-refractivity contribution in [3.8, 4) is 22.8 Å². The molecule has 39 heavy (non-hydrogen) atoms. The van der Waals surface area contributed by atoms with Crippen molar-refractivity contribution in [1.29, 1.82) is 0 Å². The van der Waals surface area contributed by atoms with E-state index in [1.165, 1.54) is 5.56 Å². The van der Waals surface area contributed by atoms with Crippen LogP contribution in [0.2, 0.25) is 0 Å². The molecular formula is C29H33Cl2N5O3. The Labute approximate surface area is 240 Å². The summed E-state index contributed by atoms with van der Waals surface area (Å²) in [5, 5.41) is 14.9. The molecule has 5 rings (SSSR count). The normalized spacial score (nSPS) is 13.7. The summed E-state index contributed by atoms with van der Waals surface area (Å²) < 4.78 is 10.8. The van der Waals surface area contributed by atoms with E-state index in [1.807, 2.05) is 54.6 Å². The van der Waals surface area contributed by atoms with Crippen LogP contribution >= 0.6 is 24.8 Å². The summed E-state index contributed by atoms with van der Waals surface area (Å²) in [4.78, 5) is 13.7. The maximum absolute atomic E-state index is 11.3. The van der Waals surface area contributed by atoms with E-state index in [0.29, 0.717) is 11.6 Å². The molecule has 0 aliphatic carbocycles. The van der Waals surface area contributed by atoms with Crippen LogP contribution in [-0.4, -0.2) is 54.4 Å². The number of benzene rings is 3. The van der Waals surface area contributed by atoms with Crippen molar-refractivity contribution in [3.63, 3.8) is 0 Å². The monoisotopic (exact) mass is 569 g/mol. The standard InChI is InChI=1S/C29H31N5O3.2ClH/c1-36-23-9-7-20(8-10-23)27-25-12-11-24(37-2)17-26(25)29(33-32-27)31-22-13-15-34(16-14-22)18-19-3-5-21(6-4-19)28(30)35;;/h3-12,17,22H,13-16,18H2,1-2H3,(H2,30,35)(H,31,33);2*1H. The molecule has 8 nitrogen and oxygen atoms in total. The number of ether oxygens (including phenoxy) is 2. The van der Waals surface area contributed by atoms with Gasteiger partial charge in [0, 0.05) is 47.6 Å². The lowest BCUT2D eigenvalue weighted by atomic mass is 10.0.